The summed E-state index contributed by atoms with van der Waals surface area (Å²) >= 11 is 0. The molecule has 3 heterocycles. The maximum absolute atomic E-state index is 13.4. The first-order chi connectivity index (χ1) is 15.7. The maximum Gasteiger partial charge on any atom is 0.416 e. The van der Waals surface area contributed by atoms with Crippen molar-refractivity contribution in [1.82, 2.24) is 14.5 Å². The van der Waals surface area contributed by atoms with E-state index in [9.17, 15) is 23.1 Å². The lowest BCUT2D eigenvalue weighted by Crippen LogP contribution is -2.25. The lowest BCUT2D eigenvalue weighted by molar-refractivity contribution is -0.137. The molecule has 1 aromatic carbocycles. The van der Waals surface area contributed by atoms with E-state index in [0.717, 1.165) is 12.1 Å². The van der Waals surface area contributed by atoms with Crippen molar-refractivity contribution < 1.29 is 18.3 Å². The normalized spacial score (nSPS) is 22.8. The van der Waals surface area contributed by atoms with Crippen LogP contribution in [0.3, 0.4) is 0 Å². The van der Waals surface area contributed by atoms with Crippen LogP contribution in [0.1, 0.15) is 43.5 Å². The second-order valence-electron chi connectivity index (χ2n) is 8.33. The molecule has 170 valence electrons. The fraction of sp³-hybridized carbons (Fsp3) is 0.348. The van der Waals surface area contributed by atoms with Crippen molar-refractivity contribution in [3.8, 4) is 11.3 Å². The highest BCUT2D eigenvalue weighted by atomic mass is 19.4. The van der Waals surface area contributed by atoms with Crippen LogP contribution >= 0.6 is 0 Å². The van der Waals surface area contributed by atoms with Crippen LogP contribution < -0.4 is 5.56 Å². The summed E-state index contributed by atoms with van der Waals surface area (Å²) in [5.74, 6) is 0. The first-order valence-corrected chi connectivity index (χ1v) is 10.6. The van der Waals surface area contributed by atoms with Crippen molar-refractivity contribution in [2.24, 2.45) is 9.98 Å². The van der Waals surface area contributed by atoms with E-state index in [1.165, 1.54) is 23.0 Å². The molecule has 1 fully saturated rings. The number of hydrogen-bond donors (Lipinski definition) is 1. The summed E-state index contributed by atoms with van der Waals surface area (Å²) in [4.78, 5) is 31.2. The van der Waals surface area contributed by atoms with Crippen molar-refractivity contribution in [3.05, 3.63) is 58.3 Å². The second-order valence-corrected chi connectivity index (χ2v) is 8.33. The van der Waals surface area contributed by atoms with Gasteiger partial charge in [0, 0.05) is 11.6 Å². The third-order valence-electron chi connectivity index (χ3n) is 6.03. The number of aromatic nitrogens is 3. The molecule has 1 aliphatic heterocycles. The van der Waals surface area contributed by atoms with Gasteiger partial charge in [-0.3, -0.25) is 19.3 Å². The van der Waals surface area contributed by atoms with Crippen LogP contribution in [0.4, 0.5) is 13.2 Å². The summed E-state index contributed by atoms with van der Waals surface area (Å²) < 4.78 is 40.5. The molecule has 2 aromatic heterocycles. The largest absolute Gasteiger partial charge is 0.416 e. The molecule has 0 radical (unpaired) electrons. The fourth-order valence-electron chi connectivity index (χ4n) is 4.32. The topological polar surface area (TPSA) is 92.7 Å². The van der Waals surface area contributed by atoms with Crippen molar-refractivity contribution >= 4 is 22.8 Å². The Morgan fingerprint density at radius 3 is 2.52 bits per heavy atom. The molecule has 3 atom stereocenters. The Labute approximate surface area is 186 Å². The van der Waals surface area contributed by atoms with Crippen LogP contribution in [0.2, 0.25) is 0 Å². The van der Waals surface area contributed by atoms with Crippen molar-refractivity contribution in [3.63, 3.8) is 0 Å². The summed E-state index contributed by atoms with van der Waals surface area (Å²) in [5, 5.41) is 10.2. The van der Waals surface area contributed by atoms with Crippen LogP contribution in [0, 0.1) is 0 Å². The lowest BCUT2D eigenvalue weighted by atomic mass is 10.0. The number of alkyl halides is 3. The standard InChI is InChI=1S/C23H20F3N5O2/c1-12-27-10-19(29-12)21-20-17(22(33)31(11-28-20)15-6-7-16(32)8-15)9-18(30-21)13-2-4-14(5-3-13)23(24,25)26/h2-5,9-12,15-16,32H,6-8H2,1H3/t12?,15-,16+/m1/s1. The van der Waals surface area contributed by atoms with E-state index < -0.39 is 17.8 Å². The van der Waals surface area contributed by atoms with E-state index in [0.29, 0.717) is 47.4 Å². The molecule has 7 nitrogen and oxygen atoms in total. The Hall–Kier alpha value is -3.40. The number of halogens is 3. The van der Waals surface area contributed by atoms with E-state index in [1.54, 1.807) is 19.2 Å². The smallest absolute Gasteiger partial charge is 0.393 e. The van der Waals surface area contributed by atoms with Gasteiger partial charge in [-0.25, -0.2) is 9.97 Å². The van der Waals surface area contributed by atoms with Crippen molar-refractivity contribution in [2.75, 3.05) is 0 Å². The molecule has 1 unspecified atom stereocenters. The average molecular weight is 455 g/mol. The molecule has 1 N–H and O–H groups in total. The van der Waals surface area contributed by atoms with Gasteiger partial charge in [0.05, 0.1) is 35.3 Å². The van der Waals surface area contributed by atoms with Gasteiger partial charge in [-0.15, -0.1) is 0 Å². The first kappa shape index (κ1) is 21.4. The first-order valence-electron chi connectivity index (χ1n) is 10.6. The lowest BCUT2D eigenvalue weighted by Gasteiger charge is -2.15. The van der Waals surface area contributed by atoms with Gasteiger partial charge >= 0.3 is 6.18 Å². The van der Waals surface area contributed by atoms with Gasteiger partial charge in [0.1, 0.15) is 23.1 Å². The molecule has 33 heavy (non-hydrogen) atoms. The van der Waals surface area contributed by atoms with E-state index in [1.807, 2.05) is 0 Å². The Morgan fingerprint density at radius 2 is 1.91 bits per heavy atom. The van der Waals surface area contributed by atoms with Gasteiger partial charge < -0.3 is 5.11 Å². The van der Waals surface area contributed by atoms with E-state index in [-0.39, 0.29) is 23.2 Å². The number of pyridine rings is 1. The Bertz CT molecular complexity index is 1350. The maximum atomic E-state index is 13.4. The van der Waals surface area contributed by atoms with Gasteiger partial charge in [-0.2, -0.15) is 13.2 Å². The molecule has 0 spiro atoms. The highest BCUT2D eigenvalue weighted by Gasteiger charge is 2.30. The number of hydrogen-bond acceptors (Lipinski definition) is 6. The summed E-state index contributed by atoms with van der Waals surface area (Å²) in [6.45, 7) is 1.80. The molecule has 2 aliphatic rings. The number of aliphatic imine (C=N–C) groups is 2. The van der Waals surface area contributed by atoms with Crippen molar-refractivity contribution in [1.29, 1.82) is 0 Å². The number of aliphatic hydroxyl groups excluding tert-OH is 1. The Kier molecular flexibility index (Phi) is 5.12. The summed E-state index contributed by atoms with van der Waals surface area (Å²) in [6, 6.07) is 6.01. The third-order valence-corrected chi connectivity index (χ3v) is 6.03. The molecule has 5 rings (SSSR count). The van der Waals surface area contributed by atoms with Crippen LogP contribution in [-0.4, -0.2) is 43.8 Å². The highest BCUT2D eigenvalue weighted by Crippen LogP contribution is 2.32. The van der Waals surface area contributed by atoms with Crippen LogP contribution in [-0.2, 0) is 6.18 Å². The minimum Gasteiger partial charge on any atom is -0.393 e. The summed E-state index contributed by atoms with van der Waals surface area (Å²) in [7, 11) is 0. The molecule has 0 bridgehead atoms. The molecule has 1 aliphatic carbocycles. The second kappa shape index (κ2) is 7.87. The molecular weight excluding hydrogens is 435 g/mol. The number of rotatable bonds is 3. The van der Waals surface area contributed by atoms with Crippen LogP contribution in [0.15, 0.2) is 51.4 Å². The minimum absolute atomic E-state index is 0.166. The number of fused-ring (bicyclic) bond motifs is 1. The Morgan fingerprint density at radius 1 is 1.15 bits per heavy atom. The average Bonchev–Trinajstić information content (AvgIpc) is 3.41. The van der Waals surface area contributed by atoms with E-state index in [4.69, 9.17) is 0 Å². The van der Waals surface area contributed by atoms with Crippen LogP contribution in [0.25, 0.3) is 22.2 Å². The monoisotopic (exact) mass is 455 g/mol. The summed E-state index contributed by atoms with van der Waals surface area (Å²) in [6.07, 6.45) is -0.447. The predicted octanol–water partition coefficient (Wildman–Crippen LogP) is 3.78. The fourth-order valence-corrected chi connectivity index (χ4v) is 4.32. The van der Waals surface area contributed by atoms with Crippen molar-refractivity contribution in [2.45, 2.75) is 50.7 Å². The SMILES string of the molecule is CC1N=CC(c2nc(-c3ccc(C(F)(F)F)cc3)cc3c(=O)n([C@@H]4CC[C@H](O)C4)cnc23)=N1. The predicted molar refractivity (Wildman–Crippen MR) is 118 cm³/mol. The van der Waals surface area contributed by atoms with Gasteiger partial charge in [-0.05, 0) is 44.4 Å². The molecule has 10 heteroatoms. The number of nitrogens with zero attached hydrogens (tertiary/aromatic N) is 5. The third kappa shape index (κ3) is 3.95. The summed E-state index contributed by atoms with van der Waals surface area (Å²) in [5.41, 5.74) is 0.876. The number of aliphatic hydroxyl groups is 1. The molecule has 0 amide bonds. The molecule has 0 saturated heterocycles. The van der Waals surface area contributed by atoms with Gasteiger partial charge in [0.25, 0.3) is 5.56 Å². The molecular formula is C23H20F3N5O2. The zero-order chi connectivity index (χ0) is 23.3. The van der Waals surface area contributed by atoms with Crippen LogP contribution in [0.5, 0.6) is 0 Å². The number of benzene rings is 1. The molecule has 3 aromatic rings. The van der Waals surface area contributed by atoms with E-state index >= 15 is 0 Å². The van der Waals surface area contributed by atoms with Gasteiger partial charge in [0.15, 0.2) is 0 Å². The zero-order valence-electron chi connectivity index (χ0n) is 17.6. The van der Waals surface area contributed by atoms with Gasteiger partial charge in [0.2, 0.25) is 0 Å². The van der Waals surface area contributed by atoms with Gasteiger partial charge in [-0.1, -0.05) is 12.1 Å². The zero-order valence-corrected chi connectivity index (χ0v) is 17.6. The van der Waals surface area contributed by atoms with E-state index in [2.05, 4.69) is 20.0 Å². The quantitative estimate of drug-likeness (QED) is 0.651. The highest BCUT2D eigenvalue weighted by molar-refractivity contribution is 6.40. The molecule has 1 saturated carbocycles. The minimum atomic E-state index is -4.45. The Balaban J connectivity index is 1.69.